The minimum Gasteiger partial charge on any atom is -0.312 e. The monoisotopic (exact) mass is 253 g/mol. The van der Waals surface area contributed by atoms with Gasteiger partial charge in [0, 0.05) is 10.6 Å². The van der Waals surface area contributed by atoms with Gasteiger partial charge in [0.25, 0.3) is 0 Å². The van der Waals surface area contributed by atoms with Gasteiger partial charge in [0.15, 0.2) is 0 Å². The van der Waals surface area contributed by atoms with E-state index in [4.69, 9.17) is 11.6 Å². The minimum absolute atomic E-state index is 0.199. The van der Waals surface area contributed by atoms with Crippen LogP contribution in [-0.4, -0.2) is 12.1 Å². The Morgan fingerprint density at radius 1 is 1.29 bits per heavy atom. The van der Waals surface area contributed by atoms with Gasteiger partial charge in [0.2, 0.25) is 0 Å². The molecule has 0 aliphatic heterocycles. The first-order chi connectivity index (χ1) is 7.79. The summed E-state index contributed by atoms with van der Waals surface area (Å²) in [7, 11) is 0. The number of nitrogens with one attached hydrogen (secondary N) is 1. The molecule has 0 aliphatic rings. The maximum absolute atomic E-state index is 6.15. The maximum atomic E-state index is 6.15. The summed E-state index contributed by atoms with van der Waals surface area (Å²) in [6.45, 7) is 11.9. The van der Waals surface area contributed by atoms with E-state index in [-0.39, 0.29) is 5.54 Å². The Bertz CT molecular complexity index is 366. The molecular weight excluding hydrogens is 230 g/mol. The molecule has 0 bridgehead atoms. The van der Waals surface area contributed by atoms with Gasteiger partial charge in [-0.3, -0.25) is 0 Å². The van der Waals surface area contributed by atoms with E-state index in [2.05, 4.69) is 51.2 Å². The molecule has 17 heavy (non-hydrogen) atoms. The Morgan fingerprint density at radius 3 is 2.47 bits per heavy atom. The first-order valence-electron chi connectivity index (χ1n) is 6.30. The lowest BCUT2D eigenvalue weighted by Gasteiger charge is -2.22. The minimum atomic E-state index is 0.199. The lowest BCUT2D eigenvalue weighted by molar-refractivity contribution is 0.413. The standard InChI is InChI=1S/C15H24ClN/c1-11(8-9-17-15(3,4)5)13-7-6-12(2)14(16)10-13/h6-7,10-11,17H,8-9H2,1-5H3. The van der Waals surface area contributed by atoms with Crippen LogP contribution in [0.2, 0.25) is 5.02 Å². The van der Waals surface area contributed by atoms with Crippen LogP contribution in [0.15, 0.2) is 18.2 Å². The third-order valence-electron chi connectivity index (χ3n) is 3.00. The van der Waals surface area contributed by atoms with Crippen molar-refractivity contribution in [3.63, 3.8) is 0 Å². The van der Waals surface area contributed by atoms with Crippen molar-refractivity contribution in [2.45, 2.75) is 52.5 Å². The second-order valence-corrected chi connectivity index (χ2v) is 6.28. The summed E-state index contributed by atoms with van der Waals surface area (Å²) < 4.78 is 0. The average molecular weight is 254 g/mol. The van der Waals surface area contributed by atoms with Gasteiger partial charge in [-0.15, -0.1) is 0 Å². The zero-order chi connectivity index (χ0) is 13.1. The normalized spacial score (nSPS) is 13.8. The smallest absolute Gasteiger partial charge is 0.0438 e. The lowest BCUT2D eigenvalue weighted by atomic mass is 9.96. The van der Waals surface area contributed by atoms with Crippen molar-refractivity contribution in [3.8, 4) is 0 Å². The van der Waals surface area contributed by atoms with E-state index in [1.54, 1.807) is 0 Å². The van der Waals surface area contributed by atoms with Crippen molar-refractivity contribution in [1.82, 2.24) is 5.32 Å². The van der Waals surface area contributed by atoms with Gasteiger partial charge < -0.3 is 5.32 Å². The van der Waals surface area contributed by atoms with Gasteiger partial charge in [-0.25, -0.2) is 0 Å². The van der Waals surface area contributed by atoms with Crippen molar-refractivity contribution in [2.75, 3.05) is 6.54 Å². The van der Waals surface area contributed by atoms with Gasteiger partial charge in [-0.1, -0.05) is 30.7 Å². The molecule has 1 N–H and O–H groups in total. The molecule has 0 saturated carbocycles. The summed E-state index contributed by atoms with van der Waals surface area (Å²) in [5.41, 5.74) is 2.68. The molecule has 0 saturated heterocycles. The van der Waals surface area contributed by atoms with Crippen molar-refractivity contribution < 1.29 is 0 Å². The molecular formula is C15H24ClN. The van der Waals surface area contributed by atoms with Crippen LogP contribution >= 0.6 is 11.6 Å². The van der Waals surface area contributed by atoms with E-state index < -0.39 is 0 Å². The topological polar surface area (TPSA) is 12.0 Å². The first-order valence-corrected chi connectivity index (χ1v) is 6.68. The summed E-state index contributed by atoms with van der Waals surface area (Å²) in [6, 6.07) is 6.38. The summed E-state index contributed by atoms with van der Waals surface area (Å²) in [6.07, 6.45) is 1.14. The number of aryl methyl sites for hydroxylation is 1. The molecule has 1 aromatic carbocycles. The van der Waals surface area contributed by atoms with Crippen molar-refractivity contribution in [3.05, 3.63) is 34.3 Å². The highest BCUT2D eigenvalue weighted by Crippen LogP contribution is 2.24. The van der Waals surface area contributed by atoms with E-state index in [1.807, 2.05) is 6.92 Å². The van der Waals surface area contributed by atoms with Crippen LogP contribution in [0.3, 0.4) is 0 Å². The summed E-state index contributed by atoms with van der Waals surface area (Å²) in [4.78, 5) is 0. The van der Waals surface area contributed by atoms with Gasteiger partial charge in [-0.2, -0.15) is 0 Å². The third kappa shape index (κ3) is 5.10. The molecule has 1 aromatic rings. The number of rotatable bonds is 4. The number of hydrogen-bond acceptors (Lipinski definition) is 1. The van der Waals surface area contributed by atoms with Crippen molar-refractivity contribution in [2.24, 2.45) is 0 Å². The molecule has 1 nitrogen and oxygen atoms in total. The Balaban J connectivity index is 2.52. The summed E-state index contributed by atoms with van der Waals surface area (Å²) in [5.74, 6) is 0.544. The molecule has 0 spiro atoms. The molecule has 1 rings (SSSR count). The highest BCUT2D eigenvalue weighted by molar-refractivity contribution is 6.31. The summed E-state index contributed by atoms with van der Waals surface area (Å²) >= 11 is 6.15. The third-order valence-corrected chi connectivity index (χ3v) is 3.40. The predicted octanol–water partition coefficient (Wildman–Crippen LogP) is 4.53. The first kappa shape index (κ1) is 14.5. The molecule has 2 heteroatoms. The Labute approximate surface area is 111 Å². The summed E-state index contributed by atoms with van der Waals surface area (Å²) in [5, 5.41) is 4.39. The molecule has 0 radical (unpaired) electrons. The van der Waals surface area contributed by atoms with Crippen molar-refractivity contribution >= 4 is 11.6 Å². The zero-order valence-corrected chi connectivity index (χ0v) is 12.4. The van der Waals surface area contributed by atoms with Crippen LogP contribution in [0.1, 0.15) is 51.2 Å². The highest BCUT2D eigenvalue weighted by atomic mass is 35.5. The SMILES string of the molecule is Cc1ccc(C(C)CCNC(C)(C)C)cc1Cl. The van der Waals surface area contributed by atoms with Crippen LogP contribution in [-0.2, 0) is 0 Å². The molecule has 1 atom stereocenters. The Hall–Kier alpha value is -0.530. The van der Waals surface area contributed by atoms with Crippen LogP contribution in [0.5, 0.6) is 0 Å². The fourth-order valence-electron chi connectivity index (χ4n) is 1.75. The van der Waals surface area contributed by atoms with E-state index >= 15 is 0 Å². The molecule has 0 aromatic heterocycles. The van der Waals surface area contributed by atoms with E-state index in [0.29, 0.717) is 5.92 Å². The molecule has 96 valence electrons. The number of halogens is 1. The lowest BCUT2D eigenvalue weighted by Crippen LogP contribution is -2.36. The van der Waals surface area contributed by atoms with E-state index in [1.165, 1.54) is 5.56 Å². The van der Waals surface area contributed by atoms with Gasteiger partial charge in [-0.05, 0) is 63.8 Å². The predicted molar refractivity (Wildman–Crippen MR) is 77.0 cm³/mol. The van der Waals surface area contributed by atoms with Crippen LogP contribution in [0.4, 0.5) is 0 Å². The van der Waals surface area contributed by atoms with Gasteiger partial charge in [0.1, 0.15) is 0 Å². The Kier molecular flexibility index (Phi) is 5.03. The highest BCUT2D eigenvalue weighted by Gasteiger charge is 2.11. The molecule has 0 fully saturated rings. The quantitative estimate of drug-likeness (QED) is 0.831. The fourth-order valence-corrected chi connectivity index (χ4v) is 1.93. The average Bonchev–Trinajstić information content (AvgIpc) is 2.20. The fraction of sp³-hybridized carbons (Fsp3) is 0.600. The molecule has 1 unspecified atom stereocenters. The van der Waals surface area contributed by atoms with Crippen LogP contribution in [0, 0.1) is 6.92 Å². The maximum Gasteiger partial charge on any atom is 0.0438 e. The van der Waals surface area contributed by atoms with Crippen LogP contribution < -0.4 is 5.32 Å². The Morgan fingerprint density at radius 2 is 1.94 bits per heavy atom. The number of hydrogen-bond donors (Lipinski definition) is 1. The molecule has 0 amide bonds. The van der Waals surface area contributed by atoms with Crippen molar-refractivity contribution in [1.29, 1.82) is 0 Å². The van der Waals surface area contributed by atoms with Gasteiger partial charge >= 0.3 is 0 Å². The largest absolute Gasteiger partial charge is 0.312 e. The van der Waals surface area contributed by atoms with E-state index in [9.17, 15) is 0 Å². The molecule has 0 aliphatic carbocycles. The number of benzene rings is 1. The second kappa shape index (κ2) is 5.88. The zero-order valence-electron chi connectivity index (χ0n) is 11.6. The van der Waals surface area contributed by atoms with Gasteiger partial charge in [0.05, 0.1) is 0 Å². The second-order valence-electron chi connectivity index (χ2n) is 5.88. The molecule has 0 heterocycles. The van der Waals surface area contributed by atoms with E-state index in [0.717, 1.165) is 23.6 Å². The van der Waals surface area contributed by atoms with Crippen LogP contribution in [0.25, 0.3) is 0 Å².